The minimum Gasteiger partial charge on any atom is -0.465 e. The van der Waals surface area contributed by atoms with Crippen LogP contribution < -0.4 is 5.32 Å². The van der Waals surface area contributed by atoms with Crippen molar-refractivity contribution in [3.05, 3.63) is 95.1 Å². The lowest BCUT2D eigenvalue weighted by molar-refractivity contribution is -0.125. The van der Waals surface area contributed by atoms with Crippen LogP contribution in [-0.4, -0.2) is 27.7 Å². The number of aryl methyl sites for hydroxylation is 1. The zero-order valence-corrected chi connectivity index (χ0v) is 17.4. The molecule has 2 aromatic heterocycles. The lowest BCUT2D eigenvalue weighted by Gasteiger charge is -2.30. The van der Waals surface area contributed by atoms with Crippen LogP contribution in [0.2, 0.25) is 0 Å². The molecule has 0 fully saturated rings. The Kier molecular flexibility index (Phi) is 4.62. The van der Waals surface area contributed by atoms with E-state index >= 15 is 0 Å². The molecular formula is C25H23N3O3. The molecule has 31 heavy (non-hydrogen) atoms. The first-order valence-electron chi connectivity index (χ1n) is 10.3. The van der Waals surface area contributed by atoms with Crippen LogP contribution in [0, 0.1) is 6.92 Å². The number of aromatic amines is 1. The van der Waals surface area contributed by atoms with Gasteiger partial charge >= 0.3 is 0 Å². The van der Waals surface area contributed by atoms with E-state index in [1.54, 1.807) is 11.8 Å². The van der Waals surface area contributed by atoms with Gasteiger partial charge in [0.05, 0.1) is 12.6 Å². The summed E-state index contributed by atoms with van der Waals surface area (Å²) in [5, 5.41) is 3.95. The van der Waals surface area contributed by atoms with Crippen LogP contribution >= 0.6 is 0 Å². The molecule has 2 N–H and O–H groups in total. The molecule has 0 radical (unpaired) electrons. The third kappa shape index (κ3) is 3.20. The van der Waals surface area contributed by atoms with Gasteiger partial charge in [-0.3, -0.25) is 9.59 Å². The Morgan fingerprint density at radius 2 is 1.87 bits per heavy atom. The molecule has 1 aliphatic heterocycles. The minimum absolute atomic E-state index is 0.137. The number of benzene rings is 2. The number of hydrogen-bond acceptors (Lipinski definition) is 3. The predicted molar refractivity (Wildman–Crippen MR) is 118 cm³/mol. The van der Waals surface area contributed by atoms with Gasteiger partial charge in [-0.25, -0.2) is 0 Å². The molecule has 156 valence electrons. The number of H-pyrrole nitrogens is 1. The van der Waals surface area contributed by atoms with Crippen molar-refractivity contribution in [2.75, 3.05) is 0 Å². The maximum Gasteiger partial charge on any atom is 0.255 e. The van der Waals surface area contributed by atoms with E-state index in [1.807, 2.05) is 73.8 Å². The lowest BCUT2D eigenvalue weighted by Crippen LogP contribution is -2.46. The first-order chi connectivity index (χ1) is 15.0. The molecule has 6 heteroatoms. The van der Waals surface area contributed by atoms with Gasteiger partial charge in [-0.05, 0) is 43.7 Å². The normalized spacial score (nSPS) is 16.5. The van der Waals surface area contributed by atoms with Gasteiger partial charge in [-0.1, -0.05) is 36.4 Å². The Morgan fingerprint density at radius 1 is 1.10 bits per heavy atom. The summed E-state index contributed by atoms with van der Waals surface area (Å²) in [6.07, 6.45) is 1.94. The molecule has 0 saturated carbocycles. The van der Waals surface area contributed by atoms with Gasteiger partial charge in [0, 0.05) is 28.2 Å². The zero-order valence-electron chi connectivity index (χ0n) is 17.4. The van der Waals surface area contributed by atoms with Gasteiger partial charge in [0.15, 0.2) is 0 Å². The largest absolute Gasteiger partial charge is 0.465 e. The van der Waals surface area contributed by atoms with Crippen LogP contribution in [0.3, 0.4) is 0 Å². The molecule has 4 aromatic rings. The molecule has 2 aromatic carbocycles. The quantitative estimate of drug-likeness (QED) is 0.511. The second-order valence-electron chi connectivity index (χ2n) is 7.90. The fourth-order valence-corrected chi connectivity index (χ4v) is 4.40. The maximum absolute atomic E-state index is 13.4. The highest BCUT2D eigenvalue weighted by atomic mass is 16.3. The summed E-state index contributed by atoms with van der Waals surface area (Å²) in [4.78, 5) is 31.4. The van der Waals surface area contributed by atoms with Crippen molar-refractivity contribution >= 4 is 22.7 Å². The maximum atomic E-state index is 13.4. The smallest absolute Gasteiger partial charge is 0.255 e. The molecule has 2 amide bonds. The minimum atomic E-state index is -0.658. The number of rotatable bonds is 5. The highest BCUT2D eigenvalue weighted by molar-refractivity contribution is 6.03. The molecule has 5 rings (SSSR count). The summed E-state index contributed by atoms with van der Waals surface area (Å²) in [6.45, 7) is 3.91. The van der Waals surface area contributed by atoms with Gasteiger partial charge in [-0.2, -0.15) is 0 Å². The molecule has 0 spiro atoms. The molecule has 0 aliphatic carbocycles. The average Bonchev–Trinajstić information content (AvgIpc) is 3.47. The van der Waals surface area contributed by atoms with Crippen LogP contribution in [0.25, 0.3) is 10.9 Å². The number of para-hydroxylation sites is 1. The van der Waals surface area contributed by atoms with E-state index in [2.05, 4.69) is 10.3 Å². The number of nitrogens with zero attached hydrogens (tertiary/aromatic N) is 1. The summed E-state index contributed by atoms with van der Waals surface area (Å²) in [7, 11) is 0. The Hall–Kier alpha value is -3.80. The number of amides is 2. The standard InChI is InChI=1S/C25H23N3O3/c1-15-11-12-17(31-15)13-27-24(29)16(2)28-23(19-8-3-4-9-20(19)25(28)30)21-14-26-22-10-6-5-7-18(21)22/h3-12,14,16,23,26H,13H2,1-2H3,(H,27,29)/t16-,23+/m0/s1. The third-order valence-corrected chi connectivity index (χ3v) is 5.94. The molecule has 2 atom stereocenters. The zero-order chi connectivity index (χ0) is 21.5. The highest BCUT2D eigenvalue weighted by Gasteiger charge is 2.42. The Balaban J connectivity index is 1.50. The van der Waals surface area contributed by atoms with Crippen molar-refractivity contribution in [1.29, 1.82) is 0 Å². The monoisotopic (exact) mass is 413 g/mol. The van der Waals surface area contributed by atoms with E-state index in [1.165, 1.54) is 0 Å². The molecule has 1 aliphatic rings. The summed E-state index contributed by atoms with van der Waals surface area (Å²) in [5.41, 5.74) is 3.53. The highest BCUT2D eigenvalue weighted by Crippen LogP contribution is 2.42. The predicted octanol–water partition coefficient (Wildman–Crippen LogP) is 4.32. The van der Waals surface area contributed by atoms with Crippen molar-refractivity contribution in [3.8, 4) is 0 Å². The first kappa shape index (κ1) is 19.2. The second-order valence-corrected chi connectivity index (χ2v) is 7.90. The fraction of sp³-hybridized carbons (Fsp3) is 0.200. The summed E-state index contributed by atoms with van der Waals surface area (Å²) < 4.78 is 5.54. The average molecular weight is 413 g/mol. The Bertz CT molecular complexity index is 1290. The number of carbonyl (C=O) groups excluding carboxylic acids is 2. The van der Waals surface area contributed by atoms with E-state index in [9.17, 15) is 9.59 Å². The van der Waals surface area contributed by atoms with Gasteiger partial charge in [0.1, 0.15) is 17.6 Å². The topological polar surface area (TPSA) is 78.3 Å². The summed E-state index contributed by atoms with van der Waals surface area (Å²) >= 11 is 0. The number of carbonyl (C=O) groups is 2. The third-order valence-electron chi connectivity index (χ3n) is 5.94. The van der Waals surface area contributed by atoms with Crippen molar-refractivity contribution in [1.82, 2.24) is 15.2 Å². The van der Waals surface area contributed by atoms with Crippen LogP contribution in [0.4, 0.5) is 0 Å². The van der Waals surface area contributed by atoms with Crippen LogP contribution in [0.15, 0.2) is 71.3 Å². The molecule has 3 heterocycles. The Labute approximate surface area is 179 Å². The number of fused-ring (bicyclic) bond motifs is 2. The fourth-order valence-electron chi connectivity index (χ4n) is 4.40. The van der Waals surface area contributed by atoms with Crippen molar-refractivity contribution in [2.24, 2.45) is 0 Å². The molecular weight excluding hydrogens is 390 g/mol. The summed E-state index contributed by atoms with van der Waals surface area (Å²) in [6, 6.07) is 18.3. The van der Waals surface area contributed by atoms with Gasteiger partial charge in [-0.15, -0.1) is 0 Å². The van der Waals surface area contributed by atoms with Crippen LogP contribution in [-0.2, 0) is 11.3 Å². The van der Waals surface area contributed by atoms with E-state index < -0.39 is 6.04 Å². The van der Waals surface area contributed by atoms with E-state index in [4.69, 9.17) is 4.42 Å². The lowest BCUT2D eigenvalue weighted by atomic mass is 9.97. The van der Waals surface area contributed by atoms with Crippen LogP contribution in [0.5, 0.6) is 0 Å². The molecule has 0 unspecified atom stereocenters. The van der Waals surface area contributed by atoms with Gasteiger partial charge in [0.2, 0.25) is 5.91 Å². The van der Waals surface area contributed by atoms with Gasteiger partial charge in [0.25, 0.3) is 5.91 Å². The second kappa shape index (κ2) is 7.47. The van der Waals surface area contributed by atoms with E-state index in [-0.39, 0.29) is 24.4 Å². The van der Waals surface area contributed by atoms with E-state index in [0.717, 1.165) is 27.8 Å². The number of aromatic nitrogens is 1. The SMILES string of the molecule is Cc1ccc(CNC(=O)[C@H](C)N2C(=O)c3ccccc3[C@@H]2c2c[nH]c3ccccc23)o1. The number of hydrogen-bond donors (Lipinski definition) is 2. The van der Waals surface area contributed by atoms with E-state index in [0.29, 0.717) is 11.3 Å². The number of furan rings is 1. The van der Waals surface area contributed by atoms with Gasteiger partial charge < -0.3 is 19.6 Å². The first-order valence-corrected chi connectivity index (χ1v) is 10.3. The summed E-state index contributed by atoms with van der Waals surface area (Å²) in [5.74, 6) is 1.12. The molecule has 0 saturated heterocycles. The van der Waals surface area contributed by atoms with Crippen molar-refractivity contribution < 1.29 is 14.0 Å². The Morgan fingerprint density at radius 3 is 2.68 bits per heavy atom. The van der Waals surface area contributed by atoms with Crippen LogP contribution in [0.1, 0.15) is 46.0 Å². The van der Waals surface area contributed by atoms with Crippen molar-refractivity contribution in [3.63, 3.8) is 0 Å². The van der Waals surface area contributed by atoms with Crippen molar-refractivity contribution in [2.45, 2.75) is 32.5 Å². The molecule has 0 bridgehead atoms. The number of nitrogens with one attached hydrogen (secondary N) is 2. The molecule has 6 nitrogen and oxygen atoms in total.